The van der Waals surface area contributed by atoms with Crippen molar-refractivity contribution in [3.63, 3.8) is 0 Å². The molecule has 1 amide bonds. The van der Waals surface area contributed by atoms with Crippen LogP contribution in [0.4, 0.5) is 0 Å². The second-order valence-corrected chi connectivity index (χ2v) is 6.15. The predicted molar refractivity (Wildman–Crippen MR) is 82.0 cm³/mol. The molecule has 1 fully saturated rings. The number of piperidine rings is 1. The maximum atomic E-state index is 12.4. The molecule has 1 atom stereocenters. The van der Waals surface area contributed by atoms with Gasteiger partial charge < -0.3 is 9.88 Å². The first-order valence-corrected chi connectivity index (χ1v) is 7.55. The Kier molecular flexibility index (Phi) is 3.70. The van der Waals surface area contributed by atoms with Gasteiger partial charge in [-0.05, 0) is 36.5 Å². The summed E-state index contributed by atoms with van der Waals surface area (Å²) in [5.41, 5.74) is 1.99. The van der Waals surface area contributed by atoms with Gasteiger partial charge in [-0.15, -0.1) is 0 Å². The summed E-state index contributed by atoms with van der Waals surface area (Å²) in [6.45, 7) is 3.98. The van der Waals surface area contributed by atoms with Crippen molar-refractivity contribution in [1.82, 2.24) is 9.88 Å². The molecule has 0 radical (unpaired) electrons. The van der Waals surface area contributed by atoms with Crippen molar-refractivity contribution in [2.24, 2.45) is 5.92 Å². The highest BCUT2D eigenvalue weighted by atomic mass is 35.5. The van der Waals surface area contributed by atoms with Crippen LogP contribution in [0.25, 0.3) is 10.9 Å². The average Bonchev–Trinajstić information content (AvgIpc) is 2.83. The van der Waals surface area contributed by atoms with Crippen LogP contribution >= 0.6 is 11.6 Å². The molecule has 3 rings (SSSR count). The Hall–Kier alpha value is -1.48. The minimum Gasteiger partial charge on any atom is -0.361 e. The van der Waals surface area contributed by atoms with Crippen molar-refractivity contribution in [3.8, 4) is 0 Å². The molecule has 0 bridgehead atoms. The number of nitrogens with one attached hydrogen (secondary N) is 1. The molecular weight excluding hydrogens is 272 g/mol. The van der Waals surface area contributed by atoms with E-state index in [-0.39, 0.29) is 5.91 Å². The minimum absolute atomic E-state index is 0.206. The highest BCUT2D eigenvalue weighted by Crippen LogP contribution is 2.27. The number of nitrogens with zero attached hydrogens (tertiary/aromatic N) is 1. The Balaban J connectivity index is 1.81. The third-order valence-electron chi connectivity index (χ3n) is 4.09. The number of rotatable bonds is 2. The first-order chi connectivity index (χ1) is 9.65. The number of likely N-dealkylation sites (tertiary alicyclic amines) is 1. The zero-order valence-electron chi connectivity index (χ0n) is 11.7. The van der Waals surface area contributed by atoms with Gasteiger partial charge in [0.05, 0.1) is 11.4 Å². The van der Waals surface area contributed by atoms with Crippen LogP contribution in [0.15, 0.2) is 24.4 Å². The van der Waals surface area contributed by atoms with Crippen molar-refractivity contribution in [2.75, 3.05) is 13.1 Å². The lowest BCUT2D eigenvalue weighted by Gasteiger charge is -2.31. The highest BCUT2D eigenvalue weighted by Gasteiger charge is 2.22. The van der Waals surface area contributed by atoms with Gasteiger partial charge in [-0.1, -0.05) is 24.6 Å². The summed E-state index contributed by atoms with van der Waals surface area (Å²) >= 11 is 6.25. The van der Waals surface area contributed by atoms with Gasteiger partial charge in [-0.25, -0.2) is 0 Å². The van der Waals surface area contributed by atoms with E-state index >= 15 is 0 Å². The van der Waals surface area contributed by atoms with Crippen molar-refractivity contribution in [3.05, 3.63) is 35.0 Å². The summed E-state index contributed by atoms with van der Waals surface area (Å²) in [6, 6.07) is 5.77. The third kappa shape index (κ3) is 2.55. The van der Waals surface area contributed by atoms with E-state index in [1.165, 1.54) is 6.42 Å². The summed E-state index contributed by atoms with van der Waals surface area (Å²) in [5.74, 6) is 0.816. The molecule has 2 heterocycles. The molecule has 1 aliphatic rings. The van der Waals surface area contributed by atoms with E-state index in [0.29, 0.717) is 17.4 Å². The second-order valence-electron chi connectivity index (χ2n) is 5.74. The number of halogens is 1. The zero-order valence-corrected chi connectivity index (χ0v) is 12.4. The fraction of sp³-hybridized carbons (Fsp3) is 0.438. The van der Waals surface area contributed by atoms with E-state index in [1.807, 2.05) is 29.3 Å². The summed E-state index contributed by atoms with van der Waals surface area (Å²) in [7, 11) is 0. The lowest BCUT2D eigenvalue weighted by Crippen LogP contribution is -2.39. The smallest absolute Gasteiger partial charge is 0.227 e. The number of aromatic amines is 1. The van der Waals surface area contributed by atoms with E-state index < -0.39 is 0 Å². The number of hydrogen-bond donors (Lipinski definition) is 1. The van der Waals surface area contributed by atoms with Crippen molar-refractivity contribution in [1.29, 1.82) is 0 Å². The second kappa shape index (κ2) is 5.49. The van der Waals surface area contributed by atoms with Crippen LogP contribution in [-0.2, 0) is 11.2 Å². The van der Waals surface area contributed by atoms with Crippen LogP contribution in [0, 0.1) is 5.92 Å². The van der Waals surface area contributed by atoms with Crippen LogP contribution in [0.1, 0.15) is 25.3 Å². The maximum Gasteiger partial charge on any atom is 0.227 e. The van der Waals surface area contributed by atoms with Gasteiger partial charge in [0.2, 0.25) is 5.91 Å². The quantitative estimate of drug-likeness (QED) is 0.901. The fourth-order valence-corrected chi connectivity index (χ4v) is 3.33. The molecule has 1 saturated heterocycles. The average molecular weight is 291 g/mol. The zero-order chi connectivity index (χ0) is 14.1. The monoisotopic (exact) mass is 290 g/mol. The van der Waals surface area contributed by atoms with Crippen molar-refractivity contribution >= 4 is 28.4 Å². The largest absolute Gasteiger partial charge is 0.361 e. The van der Waals surface area contributed by atoms with Crippen molar-refractivity contribution < 1.29 is 4.79 Å². The number of H-pyrrole nitrogens is 1. The molecule has 0 spiro atoms. The summed E-state index contributed by atoms with van der Waals surface area (Å²) in [6.07, 6.45) is 4.67. The predicted octanol–water partition coefficient (Wildman–Crippen LogP) is 3.62. The number of carbonyl (C=O) groups is 1. The van der Waals surface area contributed by atoms with Crippen LogP contribution in [0.2, 0.25) is 5.02 Å². The van der Waals surface area contributed by atoms with Crippen molar-refractivity contribution in [2.45, 2.75) is 26.2 Å². The molecule has 0 saturated carbocycles. The van der Waals surface area contributed by atoms with Gasteiger partial charge in [0.15, 0.2) is 0 Å². The summed E-state index contributed by atoms with van der Waals surface area (Å²) < 4.78 is 0. The molecule has 1 N–H and O–H groups in total. The molecule has 20 heavy (non-hydrogen) atoms. The molecule has 1 aliphatic heterocycles. The molecule has 3 nitrogen and oxygen atoms in total. The van der Waals surface area contributed by atoms with Gasteiger partial charge >= 0.3 is 0 Å². The Bertz CT molecular complexity index is 634. The number of amides is 1. The number of hydrogen-bond acceptors (Lipinski definition) is 1. The molecular formula is C16H19ClN2O. The molecule has 1 aromatic heterocycles. The molecule has 4 heteroatoms. The van der Waals surface area contributed by atoms with Crippen LogP contribution < -0.4 is 0 Å². The molecule has 1 unspecified atom stereocenters. The van der Waals surface area contributed by atoms with Gasteiger partial charge in [0.25, 0.3) is 0 Å². The number of aromatic nitrogens is 1. The highest BCUT2D eigenvalue weighted by molar-refractivity contribution is 6.35. The first-order valence-electron chi connectivity index (χ1n) is 7.17. The minimum atomic E-state index is 0.206. The number of carbonyl (C=O) groups excluding carboxylic acids is 1. The van der Waals surface area contributed by atoms with E-state index in [2.05, 4.69) is 11.9 Å². The van der Waals surface area contributed by atoms with E-state index in [1.54, 1.807) is 0 Å². The standard InChI is InChI=1S/C16H19ClN2O/c1-11-4-3-7-19(10-11)15(20)8-12-9-18-14-6-2-5-13(17)16(12)14/h2,5-6,9,11,18H,3-4,7-8,10H2,1H3. The van der Waals surface area contributed by atoms with Gasteiger partial charge in [0.1, 0.15) is 0 Å². The molecule has 1 aromatic carbocycles. The molecule has 0 aliphatic carbocycles. The number of benzene rings is 1. The lowest BCUT2D eigenvalue weighted by molar-refractivity contribution is -0.132. The van der Waals surface area contributed by atoms with E-state index in [4.69, 9.17) is 11.6 Å². The van der Waals surface area contributed by atoms with Crippen LogP contribution in [0.3, 0.4) is 0 Å². The molecule has 106 valence electrons. The summed E-state index contributed by atoms with van der Waals surface area (Å²) in [4.78, 5) is 17.6. The fourth-order valence-electron chi connectivity index (χ4n) is 3.04. The van der Waals surface area contributed by atoms with E-state index in [0.717, 1.165) is 36.0 Å². The topological polar surface area (TPSA) is 36.1 Å². The van der Waals surface area contributed by atoms with Crippen LogP contribution in [-0.4, -0.2) is 28.9 Å². The maximum absolute atomic E-state index is 12.4. The van der Waals surface area contributed by atoms with E-state index in [9.17, 15) is 4.79 Å². The molecule has 2 aromatic rings. The Morgan fingerprint density at radius 3 is 3.15 bits per heavy atom. The Morgan fingerprint density at radius 2 is 2.35 bits per heavy atom. The first kappa shape index (κ1) is 13.5. The number of fused-ring (bicyclic) bond motifs is 1. The normalized spacial score (nSPS) is 19.5. The Labute approximate surface area is 123 Å². The van der Waals surface area contributed by atoms with Gasteiger partial charge in [0, 0.05) is 30.2 Å². The third-order valence-corrected chi connectivity index (χ3v) is 4.40. The van der Waals surface area contributed by atoms with Gasteiger partial charge in [-0.3, -0.25) is 4.79 Å². The SMILES string of the molecule is CC1CCCN(C(=O)Cc2c[nH]c3cccc(Cl)c23)C1. The summed E-state index contributed by atoms with van der Waals surface area (Å²) in [5, 5.41) is 1.69. The van der Waals surface area contributed by atoms with Gasteiger partial charge in [-0.2, -0.15) is 0 Å². The Morgan fingerprint density at radius 1 is 1.50 bits per heavy atom. The lowest BCUT2D eigenvalue weighted by atomic mass is 9.99. The van der Waals surface area contributed by atoms with Crippen LogP contribution in [0.5, 0.6) is 0 Å².